The van der Waals surface area contributed by atoms with Crippen molar-refractivity contribution in [2.45, 2.75) is 56.4 Å². The van der Waals surface area contributed by atoms with Gasteiger partial charge in [-0.2, -0.15) is 0 Å². The Morgan fingerprint density at radius 2 is 1.93 bits per heavy atom. The number of aliphatic carboxylic acids is 1. The summed E-state index contributed by atoms with van der Waals surface area (Å²) in [6.07, 6.45) is 3.88. The number of carboxylic acids is 1. The van der Waals surface area contributed by atoms with Gasteiger partial charge in [0, 0.05) is 11.8 Å². The Morgan fingerprint density at radius 1 is 1.23 bits per heavy atom. The lowest BCUT2D eigenvalue weighted by Gasteiger charge is -2.44. The van der Waals surface area contributed by atoms with Gasteiger partial charge in [-0.1, -0.05) is 19.4 Å². The highest BCUT2D eigenvalue weighted by Crippen LogP contribution is 2.62. The number of halogens is 2. The van der Waals surface area contributed by atoms with Crippen LogP contribution in [0.4, 0.5) is 0 Å². The predicted molar refractivity (Wildman–Crippen MR) is 113 cm³/mol. The minimum absolute atomic E-state index is 0.0716. The number of ketones is 1. The highest BCUT2D eigenvalue weighted by molar-refractivity contribution is 6.51. The van der Waals surface area contributed by atoms with Crippen LogP contribution >= 0.6 is 23.2 Å². The molecule has 0 saturated heterocycles. The first kappa shape index (κ1) is 22.6. The van der Waals surface area contributed by atoms with E-state index in [1.54, 1.807) is 18.2 Å². The molecule has 1 N–H and O–H groups in total. The van der Waals surface area contributed by atoms with Crippen LogP contribution in [0.15, 0.2) is 24.3 Å². The molecule has 6 nitrogen and oxygen atoms in total. The fourth-order valence-corrected chi connectivity index (χ4v) is 5.01. The number of ether oxygens (including phenoxy) is 2. The van der Waals surface area contributed by atoms with Gasteiger partial charge in [0.25, 0.3) is 0 Å². The largest absolute Gasteiger partial charge is 0.482 e. The van der Waals surface area contributed by atoms with Crippen molar-refractivity contribution >= 4 is 46.5 Å². The fraction of sp³-hybridized carbons (Fsp3) is 0.500. The third kappa shape index (κ3) is 3.95. The molecular formula is C22H24Cl2O6. The van der Waals surface area contributed by atoms with Gasteiger partial charge >= 0.3 is 11.9 Å². The highest BCUT2D eigenvalue weighted by atomic mass is 35.5. The molecule has 0 saturated carbocycles. The van der Waals surface area contributed by atoms with Gasteiger partial charge in [-0.3, -0.25) is 4.79 Å². The third-order valence-electron chi connectivity index (χ3n) is 5.69. The van der Waals surface area contributed by atoms with Crippen molar-refractivity contribution in [2.75, 3.05) is 6.61 Å². The predicted octanol–water partition coefficient (Wildman–Crippen LogP) is 4.34. The van der Waals surface area contributed by atoms with E-state index in [1.807, 2.05) is 6.07 Å². The number of allylic oxidation sites excluding steroid dienone is 2. The molecule has 1 aromatic carbocycles. The first-order chi connectivity index (χ1) is 13.9. The lowest BCUT2D eigenvalue weighted by molar-refractivity contribution is -0.175. The van der Waals surface area contributed by atoms with Gasteiger partial charge in [-0.25, -0.2) is 9.59 Å². The number of carbonyl (C=O) groups excluding carboxylic acids is 2. The molecule has 3 rings (SSSR count). The van der Waals surface area contributed by atoms with Gasteiger partial charge in [0.15, 0.2) is 12.4 Å². The quantitative estimate of drug-likeness (QED) is 0.486. The lowest BCUT2D eigenvalue weighted by atomic mass is 9.69. The first-order valence-electron chi connectivity index (χ1n) is 9.76. The van der Waals surface area contributed by atoms with E-state index in [4.69, 9.17) is 37.8 Å². The van der Waals surface area contributed by atoms with Crippen molar-refractivity contribution in [1.82, 2.24) is 0 Å². The number of alkyl halides is 2. The molecule has 0 radical (unpaired) electrons. The van der Waals surface area contributed by atoms with Crippen molar-refractivity contribution in [3.63, 3.8) is 0 Å². The molecule has 1 atom stereocenters. The molecule has 2 aliphatic rings. The van der Waals surface area contributed by atoms with Crippen LogP contribution in [-0.4, -0.2) is 39.4 Å². The molecule has 0 bridgehead atoms. The summed E-state index contributed by atoms with van der Waals surface area (Å²) < 4.78 is 9.25. The maximum atomic E-state index is 12.2. The maximum absolute atomic E-state index is 12.2. The zero-order valence-electron chi connectivity index (χ0n) is 17.1. The van der Waals surface area contributed by atoms with Gasteiger partial charge in [0.05, 0.1) is 0 Å². The number of rotatable bonds is 7. The van der Waals surface area contributed by atoms with Gasteiger partial charge in [0.2, 0.25) is 5.60 Å². The van der Waals surface area contributed by atoms with Gasteiger partial charge in [-0.05, 0) is 61.6 Å². The molecule has 8 heteroatoms. The van der Waals surface area contributed by atoms with Crippen LogP contribution in [0.3, 0.4) is 0 Å². The van der Waals surface area contributed by atoms with Crippen LogP contribution < -0.4 is 4.74 Å². The van der Waals surface area contributed by atoms with Crippen molar-refractivity contribution in [3.8, 4) is 5.75 Å². The Morgan fingerprint density at radius 3 is 2.57 bits per heavy atom. The van der Waals surface area contributed by atoms with Crippen molar-refractivity contribution in [1.29, 1.82) is 0 Å². The molecule has 0 aliphatic heterocycles. The lowest BCUT2D eigenvalue weighted by Crippen LogP contribution is -2.44. The minimum atomic E-state index is -1.64. The van der Waals surface area contributed by atoms with E-state index < -0.39 is 33.9 Å². The average Bonchev–Trinajstić information content (AvgIpc) is 2.93. The number of carbonyl (C=O) groups is 3. The summed E-state index contributed by atoms with van der Waals surface area (Å²) in [4.78, 5) is 35.2. The van der Waals surface area contributed by atoms with Crippen LogP contribution in [-0.2, 0) is 25.5 Å². The summed E-state index contributed by atoms with van der Waals surface area (Å²) in [7, 11) is 0. The smallest absolute Gasteiger partial charge is 0.347 e. The Kier molecular flexibility index (Phi) is 5.95. The number of hydrogen-bond acceptors (Lipinski definition) is 5. The van der Waals surface area contributed by atoms with Crippen LogP contribution in [0.25, 0.3) is 5.57 Å². The number of hydrogen-bond donors (Lipinski definition) is 1. The molecule has 0 fully saturated rings. The van der Waals surface area contributed by atoms with Crippen LogP contribution in [0.2, 0.25) is 0 Å². The summed E-state index contributed by atoms with van der Waals surface area (Å²) in [5.74, 6) is -1.69. The van der Waals surface area contributed by atoms with E-state index in [-0.39, 0.29) is 12.2 Å². The zero-order valence-corrected chi connectivity index (χ0v) is 18.6. The van der Waals surface area contributed by atoms with E-state index in [0.717, 1.165) is 29.5 Å². The van der Waals surface area contributed by atoms with Crippen molar-refractivity contribution < 1.29 is 29.0 Å². The summed E-state index contributed by atoms with van der Waals surface area (Å²) in [6.45, 7) is 4.20. The fourth-order valence-electron chi connectivity index (χ4n) is 4.22. The Balaban J connectivity index is 1.81. The van der Waals surface area contributed by atoms with Crippen molar-refractivity contribution in [3.05, 3.63) is 35.4 Å². The molecule has 2 aliphatic carbocycles. The summed E-state index contributed by atoms with van der Waals surface area (Å²) >= 11 is 13.4. The van der Waals surface area contributed by atoms with Gasteiger partial charge in [0.1, 0.15) is 10.1 Å². The second kappa shape index (κ2) is 7.89. The Labute approximate surface area is 185 Å². The monoisotopic (exact) mass is 454 g/mol. The molecule has 30 heavy (non-hydrogen) atoms. The molecule has 0 spiro atoms. The number of carboxylic acid groups (broad SMARTS) is 1. The van der Waals surface area contributed by atoms with E-state index in [0.29, 0.717) is 12.2 Å². The molecule has 162 valence electrons. The second-order valence-corrected chi connectivity index (χ2v) is 9.80. The number of fused-ring (bicyclic) bond motifs is 3. The minimum Gasteiger partial charge on any atom is -0.482 e. The van der Waals surface area contributed by atoms with E-state index >= 15 is 0 Å². The molecule has 0 aromatic heterocycles. The van der Waals surface area contributed by atoms with Crippen LogP contribution in [0.5, 0.6) is 5.75 Å². The molecule has 1 aromatic rings. The van der Waals surface area contributed by atoms with Gasteiger partial charge < -0.3 is 14.6 Å². The normalized spacial score (nSPS) is 22.0. The van der Waals surface area contributed by atoms with Crippen LogP contribution in [0, 0.1) is 5.41 Å². The highest BCUT2D eigenvalue weighted by Gasteiger charge is 2.57. The summed E-state index contributed by atoms with van der Waals surface area (Å²) in [5, 5.41) is 9.04. The SMILES string of the molecule is CCCC12Cc3cc(OCC(=O)OC(C)(C)C(=O)O)ccc3C1=CC(=O)CC2(Cl)Cl. The van der Waals surface area contributed by atoms with E-state index in [2.05, 4.69) is 6.92 Å². The molecular weight excluding hydrogens is 431 g/mol. The van der Waals surface area contributed by atoms with Crippen molar-refractivity contribution in [2.24, 2.45) is 5.41 Å². The summed E-state index contributed by atoms with van der Waals surface area (Å²) in [5.41, 5.74) is 0.513. The molecule has 0 amide bonds. The van der Waals surface area contributed by atoms with E-state index in [1.165, 1.54) is 13.8 Å². The Hall–Kier alpha value is -2.05. The summed E-state index contributed by atoms with van der Waals surface area (Å²) in [6, 6.07) is 5.33. The number of esters is 1. The standard InChI is InChI=1S/C22H24Cl2O6/c1-4-7-21-10-13-8-15(29-12-18(26)30-20(2,3)19(27)28)5-6-16(13)17(21)9-14(25)11-22(21,23)24/h5-6,8-9H,4,7,10-12H2,1-3H3,(H,27,28). The maximum Gasteiger partial charge on any atom is 0.347 e. The first-order valence-corrected chi connectivity index (χ1v) is 10.5. The Bertz CT molecular complexity index is 934. The average molecular weight is 455 g/mol. The third-order valence-corrected chi connectivity index (χ3v) is 6.68. The zero-order chi connectivity index (χ0) is 22.3. The molecule has 0 heterocycles. The van der Waals surface area contributed by atoms with Gasteiger partial charge in [-0.15, -0.1) is 23.2 Å². The van der Waals surface area contributed by atoms with Crippen LogP contribution in [0.1, 0.15) is 51.2 Å². The second-order valence-electron chi connectivity index (χ2n) is 8.31. The topological polar surface area (TPSA) is 89.9 Å². The molecule has 1 unspecified atom stereocenters. The van der Waals surface area contributed by atoms with E-state index in [9.17, 15) is 14.4 Å². The number of benzene rings is 1.